The number of benzene rings is 3. The monoisotopic (exact) mass is 572 g/mol. The summed E-state index contributed by atoms with van der Waals surface area (Å²) in [4.78, 5) is 36.4. The number of hydrazone groups is 1. The molecule has 202 valence electrons. The summed E-state index contributed by atoms with van der Waals surface area (Å²) in [7, 11) is 1.43. The van der Waals surface area contributed by atoms with Crippen LogP contribution in [-0.2, 0) is 20.9 Å². The van der Waals surface area contributed by atoms with Crippen molar-refractivity contribution in [2.45, 2.75) is 6.54 Å². The van der Waals surface area contributed by atoms with Crippen molar-refractivity contribution in [1.82, 2.24) is 10.7 Å². The summed E-state index contributed by atoms with van der Waals surface area (Å²) in [5, 5.41) is 9.68. The van der Waals surface area contributed by atoms with E-state index in [-0.39, 0.29) is 19.9 Å². The van der Waals surface area contributed by atoms with Gasteiger partial charge in [-0.25, -0.2) is 5.43 Å². The van der Waals surface area contributed by atoms with Gasteiger partial charge < -0.3 is 29.6 Å². The predicted octanol–water partition coefficient (Wildman–Crippen LogP) is 3.51. The number of methoxy groups -OCH3 is 1. The number of anilines is 1. The van der Waals surface area contributed by atoms with E-state index in [1.165, 1.54) is 19.4 Å². The van der Waals surface area contributed by atoms with E-state index in [1.807, 2.05) is 0 Å². The lowest BCUT2D eigenvalue weighted by Crippen LogP contribution is -2.37. The lowest BCUT2D eigenvalue weighted by Gasteiger charge is -2.12. The van der Waals surface area contributed by atoms with Gasteiger partial charge in [0.1, 0.15) is 0 Å². The fraction of sp³-hybridized carbons (Fsp3) is 0.154. The molecule has 0 radical (unpaired) electrons. The van der Waals surface area contributed by atoms with E-state index >= 15 is 0 Å². The number of ether oxygens (including phenoxy) is 4. The molecule has 0 bridgehead atoms. The lowest BCUT2D eigenvalue weighted by molar-refractivity contribution is -0.139. The van der Waals surface area contributed by atoms with Gasteiger partial charge in [0.25, 0.3) is 5.91 Å². The Morgan fingerprint density at radius 3 is 2.59 bits per heavy atom. The first kappa shape index (κ1) is 27.6. The number of hydrogen-bond acceptors (Lipinski definition) is 8. The van der Waals surface area contributed by atoms with E-state index in [2.05, 4.69) is 21.2 Å². The highest BCUT2D eigenvalue weighted by molar-refractivity contribution is 6.36. The molecule has 3 aromatic carbocycles. The molecule has 0 saturated heterocycles. The Morgan fingerprint density at radius 1 is 0.974 bits per heavy atom. The van der Waals surface area contributed by atoms with Gasteiger partial charge in [-0.05, 0) is 59.7 Å². The molecule has 4 rings (SSSR count). The minimum absolute atomic E-state index is 0.121. The van der Waals surface area contributed by atoms with Crippen LogP contribution in [0.2, 0.25) is 10.0 Å². The molecule has 11 nitrogen and oxygen atoms in total. The Hall–Kier alpha value is -4.48. The Kier molecular flexibility index (Phi) is 9.08. The van der Waals surface area contributed by atoms with Crippen molar-refractivity contribution in [3.63, 3.8) is 0 Å². The Labute approximate surface area is 233 Å². The molecular weight excluding hydrogens is 551 g/mol. The molecule has 0 unspecified atom stereocenters. The summed E-state index contributed by atoms with van der Waals surface area (Å²) in [6.45, 7) is -0.0403. The summed E-state index contributed by atoms with van der Waals surface area (Å²) in [5.74, 6) is -0.406. The van der Waals surface area contributed by atoms with Crippen molar-refractivity contribution < 1.29 is 33.3 Å². The van der Waals surface area contributed by atoms with Crippen LogP contribution < -0.4 is 35.0 Å². The second kappa shape index (κ2) is 12.9. The molecule has 3 N–H and O–H groups in total. The highest BCUT2D eigenvalue weighted by Gasteiger charge is 2.16. The maximum Gasteiger partial charge on any atom is 0.329 e. The molecule has 13 heteroatoms. The molecule has 0 saturated carbocycles. The van der Waals surface area contributed by atoms with E-state index in [4.69, 9.17) is 42.1 Å². The fourth-order valence-corrected chi connectivity index (χ4v) is 3.79. The summed E-state index contributed by atoms with van der Waals surface area (Å²) < 4.78 is 21.4. The van der Waals surface area contributed by atoms with Crippen LogP contribution in [0.15, 0.2) is 59.7 Å². The maximum absolute atomic E-state index is 12.2. The third kappa shape index (κ3) is 7.53. The Morgan fingerprint density at radius 2 is 1.79 bits per heavy atom. The molecule has 1 heterocycles. The highest BCUT2D eigenvalue weighted by atomic mass is 35.5. The highest BCUT2D eigenvalue weighted by Crippen LogP contribution is 2.32. The molecule has 39 heavy (non-hydrogen) atoms. The van der Waals surface area contributed by atoms with E-state index < -0.39 is 17.7 Å². The SMILES string of the molecule is COc1cc(/C=N\NC(=O)C(=O)NCc2ccc3c(c2)OCO3)ccc1OCC(=O)Nc1ccc(Cl)cc1Cl. The number of nitrogens with zero attached hydrogens (tertiary/aromatic N) is 1. The fourth-order valence-electron chi connectivity index (χ4n) is 3.33. The zero-order valence-electron chi connectivity index (χ0n) is 20.5. The third-order valence-corrected chi connectivity index (χ3v) is 5.78. The molecule has 3 amide bonds. The summed E-state index contributed by atoms with van der Waals surface area (Å²) in [5.41, 5.74) is 3.84. The van der Waals surface area contributed by atoms with Gasteiger partial charge >= 0.3 is 11.8 Å². The predicted molar refractivity (Wildman–Crippen MR) is 144 cm³/mol. The van der Waals surface area contributed by atoms with Gasteiger partial charge in [-0.1, -0.05) is 29.3 Å². The summed E-state index contributed by atoms with van der Waals surface area (Å²) >= 11 is 11.9. The van der Waals surface area contributed by atoms with Gasteiger partial charge in [0.15, 0.2) is 29.6 Å². The number of halogens is 2. The second-order valence-electron chi connectivity index (χ2n) is 7.94. The molecule has 0 aromatic heterocycles. The number of nitrogens with one attached hydrogen (secondary N) is 3. The maximum atomic E-state index is 12.2. The normalized spacial score (nSPS) is 11.7. The number of amides is 3. The van der Waals surface area contributed by atoms with Crippen molar-refractivity contribution in [2.24, 2.45) is 5.10 Å². The van der Waals surface area contributed by atoms with Gasteiger partial charge in [-0.3, -0.25) is 14.4 Å². The van der Waals surface area contributed by atoms with E-state index in [1.54, 1.807) is 48.5 Å². The van der Waals surface area contributed by atoms with Crippen LogP contribution in [0.4, 0.5) is 5.69 Å². The van der Waals surface area contributed by atoms with Gasteiger partial charge in [0.2, 0.25) is 6.79 Å². The first-order valence-corrected chi connectivity index (χ1v) is 12.1. The molecule has 3 aromatic rings. The molecule has 1 aliphatic rings. The summed E-state index contributed by atoms with van der Waals surface area (Å²) in [6, 6.07) is 14.7. The Balaban J connectivity index is 1.25. The molecule has 0 fully saturated rings. The number of rotatable bonds is 9. The van der Waals surface area contributed by atoms with Crippen molar-refractivity contribution >= 4 is 52.8 Å². The minimum Gasteiger partial charge on any atom is -0.493 e. The number of carbonyl (C=O) groups excluding carboxylic acids is 3. The molecule has 1 aliphatic heterocycles. The summed E-state index contributed by atoms with van der Waals surface area (Å²) in [6.07, 6.45) is 1.32. The first-order chi connectivity index (χ1) is 18.8. The van der Waals surface area contributed by atoms with Crippen LogP contribution in [0.25, 0.3) is 0 Å². The number of fused-ring (bicyclic) bond motifs is 1. The molecule has 0 spiro atoms. The van der Waals surface area contributed by atoms with Crippen LogP contribution in [0, 0.1) is 0 Å². The average Bonchev–Trinajstić information content (AvgIpc) is 3.40. The molecular formula is C26H22Cl2N4O7. The lowest BCUT2D eigenvalue weighted by atomic mass is 10.2. The van der Waals surface area contributed by atoms with E-state index in [9.17, 15) is 14.4 Å². The standard InChI is InChI=1S/C26H22Cl2N4O7/c1-36-22-8-16(3-6-20(22)37-13-24(33)31-19-5-4-17(27)10-18(19)28)12-30-32-26(35)25(34)29-11-15-2-7-21-23(9-15)39-14-38-21/h2-10,12H,11,13-14H2,1H3,(H,29,34)(H,31,33)(H,32,35)/b30-12-. The largest absolute Gasteiger partial charge is 0.493 e. The van der Waals surface area contributed by atoms with Crippen LogP contribution in [-0.4, -0.2) is 44.4 Å². The zero-order valence-corrected chi connectivity index (χ0v) is 22.0. The van der Waals surface area contributed by atoms with Crippen molar-refractivity contribution in [3.05, 3.63) is 75.8 Å². The van der Waals surface area contributed by atoms with Crippen molar-refractivity contribution in [1.29, 1.82) is 0 Å². The van der Waals surface area contributed by atoms with Gasteiger partial charge in [0.05, 0.1) is 24.0 Å². The van der Waals surface area contributed by atoms with E-state index in [0.717, 1.165) is 5.56 Å². The molecule has 0 aliphatic carbocycles. The average molecular weight is 573 g/mol. The van der Waals surface area contributed by atoms with Gasteiger partial charge in [0, 0.05) is 11.6 Å². The Bertz CT molecular complexity index is 1430. The van der Waals surface area contributed by atoms with Crippen LogP contribution in [0.5, 0.6) is 23.0 Å². The number of hydrogen-bond donors (Lipinski definition) is 3. The van der Waals surface area contributed by atoms with Gasteiger partial charge in [-0.15, -0.1) is 0 Å². The zero-order chi connectivity index (χ0) is 27.8. The van der Waals surface area contributed by atoms with E-state index in [0.29, 0.717) is 44.3 Å². The van der Waals surface area contributed by atoms with Crippen LogP contribution in [0.1, 0.15) is 11.1 Å². The third-order valence-electron chi connectivity index (χ3n) is 5.23. The topological polar surface area (TPSA) is 137 Å². The second-order valence-corrected chi connectivity index (χ2v) is 8.78. The smallest absolute Gasteiger partial charge is 0.329 e. The number of carbonyl (C=O) groups is 3. The van der Waals surface area contributed by atoms with Crippen LogP contribution in [0.3, 0.4) is 0 Å². The van der Waals surface area contributed by atoms with Crippen molar-refractivity contribution in [2.75, 3.05) is 25.8 Å². The van der Waals surface area contributed by atoms with Crippen molar-refractivity contribution in [3.8, 4) is 23.0 Å². The van der Waals surface area contributed by atoms with Gasteiger partial charge in [-0.2, -0.15) is 5.10 Å². The van der Waals surface area contributed by atoms with Crippen LogP contribution >= 0.6 is 23.2 Å². The quantitative estimate of drug-likeness (QED) is 0.203. The molecule has 0 atom stereocenters. The first-order valence-electron chi connectivity index (χ1n) is 11.4. The minimum atomic E-state index is -0.939.